The molecular weight excluding hydrogens is 310 g/mol. The average Bonchev–Trinajstić information content (AvgIpc) is 3.03. The van der Waals surface area contributed by atoms with E-state index in [1.807, 2.05) is 20.8 Å². The Bertz CT molecular complexity index is 689. The zero-order valence-electron chi connectivity index (χ0n) is 12.2. The molecule has 0 aliphatic heterocycles. The number of hydrogen-bond donors (Lipinski definition) is 2. The van der Waals surface area contributed by atoms with E-state index in [0.29, 0.717) is 18.3 Å². The molecule has 0 aromatic carbocycles. The lowest BCUT2D eigenvalue weighted by molar-refractivity contribution is 0.393. The number of sulfonamides is 1. The second-order valence-electron chi connectivity index (χ2n) is 4.94. The van der Waals surface area contributed by atoms with Gasteiger partial charge >= 0.3 is 0 Å². The molecule has 0 fully saturated rings. The number of aryl methyl sites for hydroxylation is 1. The van der Waals surface area contributed by atoms with E-state index < -0.39 is 10.0 Å². The summed E-state index contributed by atoms with van der Waals surface area (Å²) < 4.78 is 32.2. The van der Waals surface area contributed by atoms with Crippen LogP contribution in [0.15, 0.2) is 27.2 Å². The highest BCUT2D eigenvalue weighted by Gasteiger charge is 2.19. The van der Waals surface area contributed by atoms with Gasteiger partial charge in [-0.25, -0.2) is 18.1 Å². The molecule has 0 bridgehead atoms. The van der Waals surface area contributed by atoms with E-state index >= 15 is 0 Å². The highest BCUT2D eigenvalue weighted by molar-refractivity contribution is 7.89. The third kappa shape index (κ3) is 4.37. The number of furan rings is 1. The van der Waals surface area contributed by atoms with Crippen molar-refractivity contribution < 1.29 is 12.8 Å². The molecule has 2 N–H and O–H groups in total. The van der Waals surface area contributed by atoms with Gasteiger partial charge in [-0.3, -0.25) is 0 Å². The van der Waals surface area contributed by atoms with Crippen molar-refractivity contribution in [1.29, 1.82) is 0 Å². The summed E-state index contributed by atoms with van der Waals surface area (Å²) in [6, 6.07) is 3.45. The summed E-state index contributed by atoms with van der Waals surface area (Å²) in [6.07, 6.45) is 0. The lowest BCUT2D eigenvalue weighted by Gasteiger charge is -2.05. The molecule has 0 unspecified atom stereocenters. The van der Waals surface area contributed by atoms with Crippen molar-refractivity contribution in [3.63, 3.8) is 0 Å². The average molecular weight is 329 g/mol. The topological polar surface area (TPSA) is 84.2 Å². The van der Waals surface area contributed by atoms with Crippen molar-refractivity contribution in [3.05, 3.63) is 34.0 Å². The van der Waals surface area contributed by atoms with E-state index in [0.717, 1.165) is 10.6 Å². The van der Waals surface area contributed by atoms with Crippen LogP contribution in [0.3, 0.4) is 0 Å². The summed E-state index contributed by atoms with van der Waals surface area (Å²) in [4.78, 5) is 4.98. The van der Waals surface area contributed by atoms with Gasteiger partial charge in [-0.15, -0.1) is 11.3 Å². The third-order valence-electron chi connectivity index (χ3n) is 2.85. The summed E-state index contributed by atoms with van der Waals surface area (Å²) in [6.45, 7) is 6.60. The fraction of sp³-hybridized carbons (Fsp3) is 0.462. The van der Waals surface area contributed by atoms with Crippen LogP contribution in [-0.2, 0) is 23.1 Å². The molecule has 0 saturated heterocycles. The predicted octanol–water partition coefficient (Wildman–Crippen LogP) is 2.02. The molecule has 8 heteroatoms. The Morgan fingerprint density at radius 3 is 2.71 bits per heavy atom. The van der Waals surface area contributed by atoms with Gasteiger partial charge in [0.2, 0.25) is 5.09 Å². The third-order valence-corrected chi connectivity index (χ3v) is 5.06. The smallest absolute Gasteiger partial charge is 0.274 e. The number of nitrogens with zero attached hydrogens (tertiary/aromatic N) is 1. The Morgan fingerprint density at radius 1 is 1.33 bits per heavy atom. The minimum atomic E-state index is -3.64. The second kappa shape index (κ2) is 6.69. The van der Waals surface area contributed by atoms with Crippen LogP contribution in [0.1, 0.15) is 30.2 Å². The first-order valence-electron chi connectivity index (χ1n) is 6.59. The lowest BCUT2D eigenvalue weighted by Crippen LogP contribution is -2.23. The van der Waals surface area contributed by atoms with Gasteiger partial charge in [-0.05, 0) is 19.1 Å². The largest absolute Gasteiger partial charge is 0.447 e. The molecule has 0 aliphatic carbocycles. The quantitative estimate of drug-likeness (QED) is 0.812. The maximum absolute atomic E-state index is 12.1. The lowest BCUT2D eigenvalue weighted by atomic mass is 10.3. The Hall–Kier alpha value is -1.22. The molecular formula is C13H19N3O3S2. The zero-order chi connectivity index (χ0) is 15.5. The first kappa shape index (κ1) is 16.2. The molecule has 2 aromatic rings. The van der Waals surface area contributed by atoms with Crippen molar-refractivity contribution in [3.8, 4) is 0 Å². The zero-order valence-corrected chi connectivity index (χ0v) is 13.8. The Morgan fingerprint density at radius 2 is 2.10 bits per heavy atom. The maximum atomic E-state index is 12.1. The summed E-state index contributed by atoms with van der Waals surface area (Å²) in [7, 11) is -3.64. The first-order valence-corrected chi connectivity index (χ1v) is 8.95. The van der Waals surface area contributed by atoms with Crippen molar-refractivity contribution in [2.75, 3.05) is 0 Å². The van der Waals surface area contributed by atoms with Crippen LogP contribution in [0.2, 0.25) is 0 Å². The fourth-order valence-electron chi connectivity index (χ4n) is 1.63. The van der Waals surface area contributed by atoms with Gasteiger partial charge in [0, 0.05) is 17.5 Å². The van der Waals surface area contributed by atoms with E-state index in [1.165, 1.54) is 17.4 Å². The summed E-state index contributed by atoms with van der Waals surface area (Å²) in [5.41, 5.74) is 2.53. The molecule has 2 aromatic heterocycles. The molecule has 0 saturated carbocycles. The minimum Gasteiger partial charge on any atom is -0.447 e. The number of aromatic nitrogens is 1. The molecule has 2 rings (SSSR count). The van der Waals surface area contributed by atoms with Crippen molar-refractivity contribution in [2.24, 2.45) is 0 Å². The van der Waals surface area contributed by atoms with Gasteiger partial charge in [0.25, 0.3) is 10.0 Å². The Labute approximate surface area is 128 Å². The number of thiazole rings is 1. The van der Waals surface area contributed by atoms with Crippen LogP contribution in [0.5, 0.6) is 0 Å². The van der Waals surface area contributed by atoms with Gasteiger partial charge in [-0.2, -0.15) is 0 Å². The van der Waals surface area contributed by atoms with Crippen LogP contribution in [0.25, 0.3) is 0 Å². The molecule has 0 radical (unpaired) electrons. The molecule has 0 spiro atoms. The molecule has 6 nitrogen and oxygen atoms in total. The highest BCUT2D eigenvalue weighted by atomic mass is 32.2. The molecule has 0 aliphatic rings. The fourth-order valence-corrected chi connectivity index (χ4v) is 3.38. The van der Waals surface area contributed by atoms with Crippen LogP contribution in [0.4, 0.5) is 0 Å². The molecule has 21 heavy (non-hydrogen) atoms. The van der Waals surface area contributed by atoms with Crippen molar-refractivity contribution >= 4 is 21.4 Å². The summed E-state index contributed by atoms with van der Waals surface area (Å²) >= 11 is 1.42. The summed E-state index contributed by atoms with van der Waals surface area (Å²) in [5.74, 6) is 0.595. The normalized spacial score (nSPS) is 12.2. The number of rotatable bonds is 7. The summed E-state index contributed by atoms with van der Waals surface area (Å²) in [5, 5.41) is 3.11. The van der Waals surface area contributed by atoms with Crippen molar-refractivity contribution in [2.45, 2.75) is 45.0 Å². The highest BCUT2D eigenvalue weighted by Crippen LogP contribution is 2.16. The Kier molecular flexibility index (Phi) is 5.15. The monoisotopic (exact) mass is 329 g/mol. The van der Waals surface area contributed by atoms with Gasteiger partial charge in [0.15, 0.2) is 0 Å². The number of hydrogen-bond acceptors (Lipinski definition) is 6. The van der Waals surface area contributed by atoms with Gasteiger partial charge in [0.1, 0.15) is 5.76 Å². The van der Waals surface area contributed by atoms with E-state index in [-0.39, 0.29) is 11.6 Å². The SMILES string of the molecule is Cc1ncsc1CNS(=O)(=O)c1ccc(CNC(C)C)o1. The molecule has 116 valence electrons. The van der Waals surface area contributed by atoms with Gasteiger partial charge in [-0.1, -0.05) is 13.8 Å². The van der Waals surface area contributed by atoms with Gasteiger partial charge < -0.3 is 9.73 Å². The Balaban J connectivity index is 2.01. The van der Waals surface area contributed by atoms with E-state index in [1.54, 1.807) is 11.6 Å². The van der Waals surface area contributed by atoms with Crippen LogP contribution in [-0.4, -0.2) is 19.4 Å². The van der Waals surface area contributed by atoms with Crippen molar-refractivity contribution in [1.82, 2.24) is 15.0 Å². The number of nitrogens with one attached hydrogen (secondary N) is 2. The maximum Gasteiger partial charge on any atom is 0.274 e. The minimum absolute atomic E-state index is 0.0646. The van der Waals surface area contributed by atoms with E-state index in [9.17, 15) is 8.42 Å². The van der Waals surface area contributed by atoms with Crippen LogP contribution >= 0.6 is 11.3 Å². The predicted molar refractivity (Wildman–Crippen MR) is 81.6 cm³/mol. The van der Waals surface area contributed by atoms with Crippen LogP contribution in [0, 0.1) is 6.92 Å². The second-order valence-corrected chi connectivity index (χ2v) is 7.58. The van der Waals surface area contributed by atoms with E-state index in [4.69, 9.17) is 4.42 Å². The molecule has 0 atom stereocenters. The van der Waals surface area contributed by atoms with E-state index in [2.05, 4.69) is 15.0 Å². The van der Waals surface area contributed by atoms with Crippen LogP contribution < -0.4 is 10.0 Å². The van der Waals surface area contributed by atoms with Gasteiger partial charge in [0.05, 0.1) is 17.7 Å². The standard InChI is InChI=1S/C13H19N3O3S2/c1-9(2)14-6-11-4-5-13(19-11)21(17,18)16-7-12-10(3)15-8-20-12/h4-5,8-9,14,16H,6-7H2,1-3H3. The molecule has 0 amide bonds. The molecule has 2 heterocycles. The first-order chi connectivity index (χ1) is 9.88.